The number of hydrogen-bond acceptors (Lipinski definition) is 3. The minimum atomic E-state index is -4.63. The van der Waals surface area contributed by atoms with Crippen LogP contribution in [-0.4, -0.2) is 44.8 Å². The Labute approximate surface area is 104 Å². The van der Waals surface area contributed by atoms with Crippen LogP contribution in [0, 0.1) is 0 Å². The lowest BCUT2D eigenvalue weighted by atomic mass is 10.4. The van der Waals surface area contributed by atoms with Crippen LogP contribution in [-0.2, 0) is 11.3 Å². The number of aromatic nitrogens is 2. The van der Waals surface area contributed by atoms with Gasteiger partial charge in [0, 0.05) is 12.4 Å². The molecule has 0 aliphatic rings. The van der Waals surface area contributed by atoms with Crippen LogP contribution in [0.25, 0.3) is 0 Å². The highest BCUT2D eigenvalue weighted by Gasteiger charge is 2.32. The van der Waals surface area contributed by atoms with E-state index in [4.69, 9.17) is 5.11 Å². The highest BCUT2D eigenvalue weighted by molar-refractivity contribution is 5.69. The van der Waals surface area contributed by atoms with Crippen LogP contribution in [0.5, 0.6) is 0 Å². The second kappa shape index (κ2) is 5.95. The zero-order valence-electron chi connectivity index (χ0n) is 9.44. The van der Waals surface area contributed by atoms with Crippen LogP contribution < -0.4 is 0 Å². The number of hydrogen-bond donors (Lipinski definition) is 1. The standard InChI is InChI=1S/C9H10F5N3O2/c10-8(11)17-2-1-15-6(17)3-16(4-7(18)19)5-9(12,13)14/h1-2,8H,3-5H2,(H,18,19). The summed E-state index contributed by atoms with van der Waals surface area (Å²) in [5.74, 6) is -1.82. The average Bonchev–Trinajstić information content (AvgIpc) is 2.61. The zero-order chi connectivity index (χ0) is 14.6. The Kier molecular flexibility index (Phi) is 4.81. The quantitative estimate of drug-likeness (QED) is 0.809. The fourth-order valence-corrected chi connectivity index (χ4v) is 1.46. The Morgan fingerprint density at radius 1 is 1.47 bits per heavy atom. The molecule has 0 spiro atoms. The van der Waals surface area contributed by atoms with Gasteiger partial charge in [0.1, 0.15) is 5.82 Å². The zero-order valence-corrected chi connectivity index (χ0v) is 9.44. The summed E-state index contributed by atoms with van der Waals surface area (Å²) in [7, 11) is 0. The third kappa shape index (κ3) is 5.20. The number of alkyl halides is 5. The van der Waals surface area contributed by atoms with E-state index in [-0.39, 0.29) is 5.82 Å². The third-order valence-electron chi connectivity index (χ3n) is 2.09. The van der Waals surface area contributed by atoms with Crippen LogP contribution in [0.2, 0.25) is 0 Å². The second-order valence-electron chi connectivity index (χ2n) is 3.68. The molecule has 0 aliphatic heterocycles. The number of carbonyl (C=O) groups is 1. The van der Waals surface area contributed by atoms with E-state index in [1.807, 2.05) is 0 Å². The molecule has 0 atom stereocenters. The van der Waals surface area contributed by atoms with Gasteiger partial charge in [0.05, 0.1) is 19.6 Å². The average molecular weight is 287 g/mol. The summed E-state index contributed by atoms with van der Waals surface area (Å²) < 4.78 is 62.0. The highest BCUT2D eigenvalue weighted by Crippen LogP contribution is 2.19. The van der Waals surface area contributed by atoms with Crippen molar-refractivity contribution in [3.63, 3.8) is 0 Å². The first-order chi connectivity index (χ1) is 8.69. The van der Waals surface area contributed by atoms with Crippen LogP contribution in [0.1, 0.15) is 12.4 Å². The lowest BCUT2D eigenvalue weighted by Gasteiger charge is -2.21. The Morgan fingerprint density at radius 2 is 2.11 bits per heavy atom. The number of rotatable bonds is 6. The normalized spacial score (nSPS) is 12.4. The van der Waals surface area contributed by atoms with E-state index in [2.05, 4.69) is 4.98 Å². The van der Waals surface area contributed by atoms with Gasteiger partial charge in [-0.1, -0.05) is 0 Å². The molecule has 1 N–H and O–H groups in total. The van der Waals surface area contributed by atoms with Gasteiger partial charge in [-0.25, -0.2) is 4.98 Å². The Morgan fingerprint density at radius 3 is 2.58 bits per heavy atom. The van der Waals surface area contributed by atoms with E-state index in [1.165, 1.54) is 0 Å². The molecule has 108 valence electrons. The molecule has 0 aromatic carbocycles. The van der Waals surface area contributed by atoms with Gasteiger partial charge in [-0.15, -0.1) is 0 Å². The molecule has 0 radical (unpaired) electrons. The van der Waals surface area contributed by atoms with E-state index in [0.29, 0.717) is 9.47 Å². The highest BCUT2D eigenvalue weighted by atomic mass is 19.4. The van der Waals surface area contributed by atoms with Crippen molar-refractivity contribution in [2.45, 2.75) is 19.3 Å². The van der Waals surface area contributed by atoms with Gasteiger partial charge in [0.25, 0.3) is 0 Å². The fourth-order valence-electron chi connectivity index (χ4n) is 1.46. The number of nitrogens with zero attached hydrogens (tertiary/aromatic N) is 3. The van der Waals surface area contributed by atoms with Crippen molar-refractivity contribution < 1.29 is 31.9 Å². The van der Waals surface area contributed by atoms with Crippen LogP contribution in [0.15, 0.2) is 12.4 Å². The first kappa shape index (κ1) is 15.3. The van der Waals surface area contributed by atoms with E-state index >= 15 is 0 Å². The maximum absolute atomic E-state index is 12.5. The molecule has 1 aromatic heterocycles. The summed E-state index contributed by atoms with van der Waals surface area (Å²) in [5, 5.41) is 8.50. The molecule has 0 saturated carbocycles. The van der Waals surface area contributed by atoms with E-state index < -0.39 is 38.3 Å². The molecule has 0 saturated heterocycles. The molecule has 0 fully saturated rings. The van der Waals surface area contributed by atoms with Crippen molar-refractivity contribution in [1.29, 1.82) is 0 Å². The Balaban J connectivity index is 2.81. The second-order valence-corrected chi connectivity index (χ2v) is 3.68. The lowest BCUT2D eigenvalue weighted by molar-refractivity contribution is -0.155. The molecule has 1 aromatic rings. The fraction of sp³-hybridized carbons (Fsp3) is 0.556. The van der Waals surface area contributed by atoms with Crippen molar-refractivity contribution in [3.8, 4) is 0 Å². The predicted molar refractivity (Wildman–Crippen MR) is 52.4 cm³/mol. The smallest absolute Gasteiger partial charge is 0.401 e. The molecule has 0 unspecified atom stereocenters. The number of carboxylic acid groups (broad SMARTS) is 1. The van der Waals surface area contributed by atoms with Gasteiger partial charge < -0.3 is 5.11 Å². The first-order valence-corrected chi connectivity index (χ1v) is 5.00. The number of halogens is 5. The third-order valence-corrected chi connectivity index (χ3v) is 2.09. The van der Waals surface area contributed by atoms with Crippen molar-refractivity contribution >= 4 is 5.97 Å². The van der Waals surface area contributed by atoms with Crippen molar-refractivity contribution in [1.82, 2.24) is 14.5 Å². The van der Waals surface area contributed by atoms with E-state index in [1.54, 1.807) is 0 Å². The Hall–Kier alpha value is -1.71. The summed E-state index contributed by atoms with van der Waals surface area (Å²) in [6.45, 7) is -6.02. The molecule has 1 rings (SSSR count). The SMILES string of the molecule is O=C(O)CN(Cc1nccn1C(F)F)CC(F)(F)F. The molecule has 10 heteroatoms. The van der Waals surface area contributed by atoms with E-state index in [0.717, 1.165) is 12.4 Å². The monoisotopic (exact) mass is 287 g/mol. The van der Waals surface area contributed by atoms with E-state index in [9.17, 15) is 26.7 Å². The largest absolute Gasteiger partial charge is 0.480 e. The number of carboxylic acids is 1. The number of imidazole rings is 1. The molecular weight excluding hydrogens is 277 g/mol. The summed E-state index contributed by atoms with van der Waals surface area (Å²) >= 11 is 0. The van der Waals surface area contributed by atoms with Gasteiger partial charge in [-0.3, -0.25) is 14.3 Å². The van der Waals surface area contributed by atoms with Crippen molar-refractivity contribution in [2.75, 3.05) is 13.1 Å². The molecule has 0 aliphatic carbocycles. The van der Waals surface area contributed by atoms with Gasteiger partial charge in [-0.05, 0) is 0 Å². The summed E-state index contributed by atoms with van der Waals surface area (Å²) in [4.78, 5) is 14.4. The minimum Gasteiger partial charge on any atom is -0.480 e. The molecular formula is C9H10F5N3O2. The van der Waals surface area contributed by atoms with Gasteiger partial charge in [-0.2, -0.15) is 22.0 Å². The predicted octanol–water partition coefficient (Wildman–Crippen LogP) is 1.73. The molecule has 0 amide bonds. The maximum Gasteiger partial charge on any atom is 0.401 e. The van der Waals surface area contributed by atoms with Gasteiger partial charge >= 0.3 is 18.7 Å². The van der Waals surface area contributed by atoms with Crippen LogP contribution in [0.4, 0.5) is 22.0 Å². The topological polar surface area (TPSA) is 58.4 Å². The molecule has 19 heavy (non-hydrogen) atoms. The minimum absolute atomic E-state index is 0.333. The molecule has 5 nitrogen and oxygen atoms in total. The molecule has 1 heterocycles. The van der Waals surface area contributed by atoms with Crippen LogP contribution in [0.3, 0.4) is 0 Å². The van der Waals surface area contributed by atoms with Gasteiger partial charge in [0.2, 0.25) is 0 Å². The van der Waals surface area contributed by atoms with Crippen LogP contribution >= 0.6 is 0 Å². The first-order valence-electron chi connectivity index (χ1n) is 5.00. The van der Waals surface area contributed by atoms with Crippen molar-refractivity contribution in [3.05, 3.63) is 18.2 Å². The molecule has 0 bridgehead atoms. The maximum atomic E-state index is 12.5. The number of aliphatic carboxylic acids is 1. The van der Waals surface area contributed by atoms with Gasteiger partial charge in [0.15, 0.2) is 0 Å². The Bertz CT molecular complexity index is 432. The summed E-state index contributed by atoms with van der Waals surface area (Å²) in [6, 6.07) is 0. The van der Waals surface area contributed by atoms with Crippen molar-refractivity contribution in [2.24, 2.45) is 0 Å². The summed E-state index contributed by atoms with van der Waals surface area (Å²) in [6.07, 6.45) is -2.71. The summed E-state index contributed by atoms with van der Waals surface area (Å²) in [5.41, 5.74) is 0. The lowest BCUT2D eigenvalue weighted by Crippen LogP contribution is -2.38.